The molecule has 0 saturated carbocycles. The Kier molecular flexibility index (Phi) is 2.77. The van der Waals surface area contributed by atoms with Crippen molar-refractivity contribution in [1.29, 1.82) is 0 Å². The predicted molar refractivity (Wildman–Crippen MR) is 65.9 cm³/mol. The van der Waals surface area contributed by atoms with E-state index in [4.69, 9.17) is 0 Å². The van der Waals surface area contributed by atoms with Crippen LogP contribution < -0.4 is 0 Å². The van der Waals surface area contributed by atoms with Crippen molar-refractivity contribution in [1.82, 2.24) is 4.90 Å². The summed E-state index contributed by atoms with van der Waals surface area (Å²) in [6.45, 7) is 6.80. The molecule has 3 nitrogen and oxygen atoms in total. The molecule has 1 aliphatic heterocycles. The maximum absolute atomic E-state index is 12.0. The third-order valence-corrected chi connectivity index (χ3v) is 2.96. The summed E-state index contributed by atoms with van der Waals surface area (Å²) >= 11 is 0. The molecular formula is C14H17NO2. The van der Waals surface area contributed by atoms with Gasteiger partial charge in [-0.15, -0.1) is 0 Å². The van der Waals surface area contributed by atoms with Gasteiger partial charge in [0.15, 0.2) is 0 Å². The highest BCUT2D eigenvalue weighted by atomic mass is 16.2. The Morgan fingerprint density at radius 2 is 1.47 bits per heavy atom. The second-order valence-electron chi connectivity index (χ2n) is 5.62. The zero-order valence-corrected chi connectivity index (χ0v) is 10.5. The molecule has 1 aliphatic rings. The van der Waals surface area contributed by atoms with Crippen LogP contribution in [-0.2, 0) is 0 Å². The van der Waals surface area contributed by atoms with E-state index in [0.717, 1.165) is 6.42 Å². The average Bonchev–Trinajstić information content (AvgIpc) is 2.49. The van der Waals surface area contributed by atoms with E-state index in [9.17, 15) is 9.59 Å². The number of benzene rings is 1. The van der Waals surface area contributed by atoms with Crippen molar-refractivity contribution in [3.8, 4) is 0 Å². The van der Waals surface area contributed by atoms with Gasteiger partial charge in [0, 0.05) is 6.54 Å². The summed E-state index contributed by atoms with van der Waals surface area (Å²) in [6, 6.07) is 7.01. The highest BCUT2D eigenvalue weighted by Crippen LogP contribution is 2.25. The maximum Gasteiger partial charge on any atom is 0.261 e. The summed E-state index contributed by atoms with van der Waals surface area (Å²) in [5, 5.41) is 0. The summed E-state index contributed by atoms with van der Waals surface area (Å²) < 4.78 is 0. The van der Waals surface area contributed by atoms with Crippen molar-refractivity contribution in [2.45, 2.75) is 27.2 Å². The molecule has 17 heavy (non-hydrogen) atoms. The monoisotopic (exact) mass is 231 g/mol. The van der Waals surface area contributed by atoms with Gasteiger partial charge >= 0.3 is 0 Å². The van der Waals surface area contributed by atoms with Crippen LogP contribution in [0.3, 0.4) is 0 Å². The molecule has 0 saturated heterocycles. The Morgan fingerprint density at radius 3 is 1.88 bits per heavy atom. The minimum Gasteiger partial charge on any atom is -0.274 e. The first kappa shape index (κ1) is 11.8. The van der Waals surface area contributed by atoms with Crippen LogP contribution in [0.5, 0.6) is 0 Å². The Bertz CT molecular complexity index is 436. The number of hydrogen-bond acceptors (Lipinski definition) is 2. The molecule has 2 rings (SSSR count). The first-order chi connectivity index (χ1) is 7.90. The minimum atomic E-state index is -0.158. The van der Waals surface area contributed by atoms with Crippen LogP contribution in [0.25, 0.3) is 0 Å². The van der Waals surface area contributed by atoms with Crippen molar-refractivity contribution >= 4 is 11.8 Å². The molecule has 0 N–H and O–H groups in total. The maximum atomic E-state index is 12.0. The first-order valence-electron chi connectivity index (χ1n) is 5.85. The van der Waals surface area contributed by atoms with Crippen molar-refractivity contribution in [3.05, 3.63) is 35.4 Å². The second-order valence-corrected chi connectivity index (χ2v) is 5.62. The van der Waals surface area contributed by atoms with E-state index in [1.54, 1.807) is 24.3 Å². The minimum absolute atomic E-state index is 0.120. The second kappa shape index (κ2) is 3.99. The fourth-order valence-corrected chi connectivity index (χ4v) is 1.89. The number of hydrogen-bond donors (Lipinski definition) is 0. The van der Waals surface area contributed by atoms with Crippen LogP contribution >= 0.6 is 0 Å². The zero-order valence-electron chi connectivity index (χ0n) is 10.5. The van der Waals surface area contributed by atoms with Crippen molar-refractivity contribution in [2.24, 2.45) is 5.41 Å². The molecule has 0 radical (unpaired) electrons. The molecule has 0 aliphatic carbocycles. The number of imide groups is 1. The van der Waals surface area contributed by atoms with Gasteiger partial charge in [0.2, 0.25) is 0 Å². The summed E-state index contributed by atoms with van der Waals surface area (Å²) in [5.41, 5.74) is 1.19. The molecule has 0 atom stereocenters. The van der Waals surface area contributed by atoms with E-state index in [0.29, 0.717) is 17.7 Å². The number of amides is 2. The lowest BCUT2D eigenvalue weighted by molar-refractivity contribution is 0.0639. The largest absolute Gasteiger partial charge is 0.274 e. The Morgan fingerprint density at radius 1 is 1.00 bits per heavy atom. The normalized spacial score (nSPS) is 15.4. The SMILES string of the molecule is CC(C)(C)CCN1C(=O)c2ccccc2C1=O. The number of nitrogens with zero attached hydrogens (tertiary/aromatic N) is 1. The molecule has 0 bridgehead atoms. The average molecular weight is 231 g/mol. The fraction of sp³-hybridized carbons (Fsp3) is 0.429. The topological polar surface area (TPSA) is 37.4 Å². The van der Waals surface area contributed by atoms with Gasteiger partial charge in [-0.1, -0.05) is 32.9 Å². The molecule has 90 valence electrons. The van der Waals surface area contributed by atoms with E-state index >= 15 is 0 Å². The molecule has 0 fully saturated rings. The quantitative estimate of drug-likeness (QED) is 0.734. The molecule has 2 amide bonds. The third kappa shape index (κ3) is 2.23. The summed E-state index contributed by atoms with van der Waals surface area (Å²) in [6.07, 6.45) is 0.818. The number of carbonyl (C=O) groups excluding carboxylic acids is 2. The molecular weight excluding hydrogens is 214 g/mol. The Balaban J connectivity index is 2.19. The zero-order chi connectivity index (χ0) is 12.6. The highest BCUT2D eigenvalue weighted by Gasteiger charge is 2.35. The number of carbonyl (C=O) groups is 2. The first-order valence-corrected chi connectivity index (χ1v) is 5.85. The molecule has 0 aromatic heterocycles. The molecule has 0 spiro atoms. The van der Waals surface area contributed by atoms with Crippen LogP contribution in [0.15, 0.2) is 24.3 Å². The van der Waals surface area contributed by atoms with Gasteiger partial charge in [0.1, 0.15) is 0 Å². The highest BCUT2D eigenvalue weighted by molar-refractivity contribution is 6.21. The molecule has 1 aromatic rings. The van der Waals surface area contributed by atoms with Gasteiger partial charge in [-0.2, -0.15) is 0 Å². The standard InChI is InChI=1S/C14H17NO2/c1-14(2,3)8-9-15-12(16)10-6-4-5-7-11(10)13(15)17/h4-7H,8-9H2,1-3H3. The van der Waals surface area contributed by atoms with Crippen molar-refractivity contribution in [2.75, 3.05) is 6.54 Å². The van der Waals surface area contributed by atoms with Crippen molar-refractivity contribution < 1.29 is 9.59 Å². The van der Waals surface area contributed by atoms with Crippen LogP contribution in [-0.4, -0.2) is 23.3 Å². The fourth-order valence-electron chi connectivity index (χ4n) is 1.89. The Hall–Kier alpha value is -1.64. The van der Waals surface area contributed by atoms with Gasteiger partial charge in [0.25, 0.3) is 11.8 Å². The summed E-state index contributed by atoms with van der Waals surface area (Å²) in [5.74, 6) is -0.315. The summed E-state index contributed by atoms with van der Waals surface area (Å²) in [4.78, 5) is 25.4. The van der Waals surface area contributed by atoms with Crippen LogP contribution in [0, 0.1) is 5.41 Å². The van der Waals surface area contributed by atoms with Gasteiger partial charge in [-0.05, 0) is 24.0 Å². The van der Waals surface area contributed by atoms with E-state index < -0.39 is 0 Å². The van der Waals surface area contributed by atoms with E-state index in [1.807, 2.05) is 0 Å². The lowest BCUT2D eigenvalue weighted by atomic mass is 9.92. The Labute approximate surface area is 101 Å². The van der Waals surface area contributed by atoms with E-state index in [-0.39, 0.29) is 17.2 Å². The third-order valence-electron chi connectivity index (χ3n) is 2.96. The van der Waals surface area contributed by atoms with Gasteiger partial charge in [0.05, 0.1) is 11.1 Å². The number of rotatable bonds is 2. The van der Waals surface area contributed by atoms with Crippen LogP contribution in [0.2, 0.25) is 0 Å². The molecule has 1 heterocycles. The van der Waals surface area contributed by atoms with Crippen LogP contribution in [0.4, 0.5) is 0 Å². The lowest BCUT2D eigenvalue weighted by Gasteiger charge is -2.21. The molecule has 3 heteroatoms. The van der Waals surface area contributed by atoms with E-state index in [2.05, 4.69) is 20.8 Å². The lowest BCUT2D eigenvalue weighted by Crippen LogP contribution is -2.32. The summed E-state index contributed by atoms with van der Waals surface area (Å²) in [7, 11) is 0. The molecule has 0 unspecified atom stereocenters. The van der Waals surface area contributed by atoms with Crippen LogP contribution in [0.1, 0.15) is 47.9 Å². The van der Waals surface area contributed by atoms with Gasteiger partial charge in [-0.25, -0.2) is 0 Å². The number of fused-ring (bicyclic) bond motifs is 1. The predicted octanol–water partition coefficient (Wildman–Crippen LogP) is 2.72. The van der Waals surface area contributed by atoms with Gasteiger partial charge in [-0.3, -0.25) is 14.5 Å². The van der Waals surface area contributed by atoms with E-state index in [1.165, 1.54) is 4.90 Å². The molecule has 1 aromatic carbocycles. The van der Waals surface area contributed by atoms with Crippen molar-refractivity contribution in [3.63, 3.8) is 0 Å². The van der Waals surface area contributed by atoms with Gasteiger partial charge < -0.3 is 0 Å². The smallest absolute Gasteiger partial charge is 0.261 e.